The molecule has 2 aromatic carbocycles. The maximum Gasteiger partial charge on any atom is 0.573 e. The SMILES string of the molecule is COC(=O)N(Cc1cc(C(F)(F)F)cc(C(F)(F)F)c1)[C@@H]1C[C@H](C2CC2)N(C(=O)OC(C)C)c2cc(OC(F)(F)F)ccc21. The molecule has 1 aliphatic heterocycles. The number of anilines is 1. The largest absolute Gasteiger partial charge is 0.573 e. The predicted octanol–water partition coefficient (Wildman–Crippen LogP) is 8.47. The average Bonchev–Trinajstić information content (AvgIpc) is 3.73. The fourth-order valence-electron chi connectivity index (χ4n) is 5.25. The van der Waals surface area contributed by atoms with Gasteiger partial charge in [-0.25, -0.2) is 9.59 Å². The molecule has 16 heteroatoms. The molecule has 2 aliphatic rings. The van der Waals surface area contributed by atoms with Gasteiger partial charge >= 0.3 is 30.9 Å². The highest BCUT2D eigenvalue weighted by atomic mass is 19.4. The average molecular weight is 643 g/mol. The number of fused-ring (bicyclic) bond motifs is 1. The second kappa shape index (κ2) is 11.9. The van der Waals surface area contributed by atoms with E-state index in [4.69, 9.17) is 9.47 Å². The number of methoxy groups -OCH3 is 1. The van der Waals surface area contributed by atoms with Crippen LogP contribution in [0, 0.1) is 5.92 Å². The number of nitrogens with zero attached hydrogens (tertiary/aromatic N) is 2. The molecular formula is C28H27F9N2O5. The van der Waals surface area contributed by atoms with E-state index in [-0.39, 0.29) is 29.7 Å². The lowest BCUT2D eigenvalue weighted by atomic mass is 9.87. The molecule has 4 rings (SSSR count). The summed E-state index contributed by atoms with van der Waals surface area (Å²) in [6.07, 6.45) is -16.9. The highest BCUT2D eigenvalue weighted by molar-refractivity contribution is 5.91. The van der Waals surface area contributed by atoms with Crippen molar-refractivity contribution in [1.82, 2.24) is 4.90 Å². The van der Waals surface area contributed by atoms with E-state index in [1.807, 2.05) is 0 Å². The van der Waals surface area contributed by atoms with Gasteiger partial charge < -0.3 is 14.2 Å². The Morgan fingerprint density at radius 1 is 0.932 bits per heavy atom. The van der Waals surface area contributed by atoms with E-state index in [0.29, 0.717) is 25.0 Å². The van der Waals surface area contributed by atoms with E-state index in [1.165, 1.54) is 0 Å². The number of amides is 2. The minimum Gasteiger partial charge on any atom is -0.453 e. The van der Waals surface area contributed by atoms with Crippen LogP contribution in [0.3, 0.4) is 0 Å². The van der Waals surface area contributed by atoms with Crippen LogP contribution in [0.1, 0.15) is 61.4 Å². The molecule has 1 heterocycles. The van der Waals surface area contributed by atoms with Gasteiger partial charge in [-0.3, -0.25) is 9.80 Å². The van der Waals surface area contributed by atoms with Gasteiger partial charge in [-0.05, 0) is 74.4 Å². The summed E-state index contributed by atoms with van der Waals surface area (Å²) in [4.78, 5) is 28.4. The summed E-state index contributed by atoms with van der Waals surface area (Å²) < 4.78 is 135. The van der Waals surface area contributed by atoms with E-state index in [2.05, 4.69) is 4.74 Å². The number of carbonyl (C=O) groups is 2. The zero-order valence-electron chi connectivity index (χ0n) is 23.4. The molecule has 0 aromatic heterocycles. The van der Waals surface area contributed by atoms with Crippen LogP contribution in [-0.2, 0) is 28.4 Å². The van der Waals surface area contributed by atoms with E-state index in [0.717, 1.165) is 35.1 Å². The van der Waals surface area contributed by atoms with E-state index in [1.54, 1.807) is 13.8 Å². The maximum atomic E-state index is 13.5. The summed E-state index contributed by atoms with van der Waals surface area (Å²) in [6.45, 7) is 2.33. The number of halogens is 9. The summed E-state index contributed by atoms with van der Waals surface area (Å²) in [5.41, 5.74) is -3.77. The number of carbonyl (C=O) groups excluding carboxylic acids is 2. The number of hydrogen-bond acceptors (Lipinski definition) is 5. The predicted molar refractivity (Wildman–Crippen MR) is 135 cm³/mol. The van der Waals surface area contributed by atoms with Crippen molar-refractivity contribution < 1.29 is 63.3 Å². The van der Waals surface area contributed by atoms with E-state index >= 15 is 0 Å². The molecule has 2 atom stereocenters. The monoisotopic (exact) mass is 642 g/mol. The van der Waals surface area contributed by atoms with Gasteiger partial charge in [0.25, 0.3) is 0 Å². The zero-order chi connectivity index (χ0) is 32.8. The van der Waals surface area contributed by atoms with Crippen LogP contribution in [-0.4, -0.2) is 42.7 Å². The van der Waals surface area contributed by atoms with Crippen molar-refractivity contribution in [3.8, 4) is 5.75 Å². The lowest BCUT2D eigenvalue weighted by Crippen LogP contribution is -2.50. The molecule has 7 nitrogen and oxygen atoms in total. The number of ether oxygens (including phenoxy) is 3. The van der Waals surface area contributed by atoms with Gasteiger partial charge in [-0.15, -0.1) is 13.2 Å². The van der Waals surface area contributed by atoms with Gasteiger partial charge in [0.15, 0.2) is 0 Å². The smallest absolute Gasteiger partial charge is 0.453 e. The third-order valence-electron chi connectivity index (χ3n) is 7.14. The van der Waals surface area contributed by atoms with Crippen molar-refractivity contribution in [3.05, 3.63) is 58.7 Å². The standard InChI is InChI=1S/C28H27F9N2O5/c1-14(2)43-25(41)39-21(16-4-5-16)12-22(20-7-6-19(11-23(20)39)44-28(35,36)37)38(24(40)42-3)13-15-8-17(26(29,30)31)10-18(9-15)27(32,33)34/h6-11,14,16,21-22H,4-5,12-13H2,1-3H3/t21-,22-/m1/s1. The fraction of sp³-hybridized carbons (Fsp3) is 0.500. The zero-order valence-corrected chi connectivity index (χ0v) is 23.4. The molecule has 0 bridgehead atoms. The molecule has 0 spiro atoms. The van der Waals surface area contributed by atoms with Crippen molar-refractivity contribution in [1.29, 1.82) is 0 Å². The minimum absolute atomic E-state index is 0.0502. The molecule has 0 N–H and O–H groups in total. The summed E-state index contributed by atoms with van der Waals surface area (Å²) in [5, 5.41) is 0. The molecule has 1 fully saturated rings. The normalized spacial score (nSPS) is 19.0. The molecule has 44 heavy (non-hydrogen) atoms. The molecule has 2 amide bonds. The van der Waals surface area contributed by atoms with E-state index < -0.39 is 78.1 Å². The maximum absolute atomic E-state index is 13.5. The molecule has 1 saturated carbocycles. The van der Waals surface area contributed by atoms with Crippen molar-refractivity contribution in [2.24, 2.45) is 5.92 Å². The number of hydrogen-bond donors (Lipinski definition) is 0. The molecule has 0 unspecified atom stereocenters. The highest BCUT2D eigenvalue weighted by Crippen LogP contribution is 2.50. The molecule has 0 radical (unpaired) electrons. The first kappa shape index (κ1) is 33.1. The summed E-state index contributed by atoms with van der Waals surface area (Å²) >= 11 is 0. The Balaban J connectivity index is 1.86. The first-order valence-electron chi connectivity index (χ1n) is 13.3. The van der Waals surface area contributed by atoms with Gasteiger partial charge in [-0.2, -0.15) is 26.3 Å². The minimum atomic E-state index is -5.15. The Hall–Kier alpha value is -3.85. The molecule has 2 aromatic rings. The molecule has 242 valence electrons. The van der Waals surface area contributed by atoms with Crippen LogP contribution in [0.5, 0.6) is 5.75 Å². The van der Waals surface area contributed by atoms with Crippen LogP contribution in [0.4, 0.5) is 54.8 Å². The molecular weight excluding hydrogens is 615 g/mol. The van der Waals surface area contributed by atoms with Crippen molar-refractivity contribution in [2.45, 2.75) is 76.6 Å². The molecule has 0 saturated heterocycles. The second-order valence-corrected chi connectivity index (χ2v) is 10.7. The van der Waals surface area contributed by atoms with Gasteiger partial charge in [0, 0.05) is 18.7 Å². The number of rotatable bonds is 6. The van der Waals surface area contributed by atoms with Gasteiger partial charge in [0.1, 0.15) is 5.75 Å². The van der Waals surface area contributed by atoms with Crippen molar-refractivity contribution in [2.75, 3.05) is 12.0 Å². The quantitative estimate of drug-likeness (QED) is 0.296. The number of alkyl halides is 9. The van der Waals surface area contributed by atoms with Crippen molar-refractivity contribution in [3.63, 3.8) is 0 Å². The van der Waals surface area contributed by atoms with Gasteiger partial charge in [0.2, 0.25) is 0 Å². The Bertz CT molecular complexity index is 1350. The van der Waals surface area contributed by atoms with Crippen LogP contribution >= 0.6 is 0 Å². The molecule has 1 aliphatic carbocycles. The Morgan fingerprint density at radius 3 is 2.00 bits per heavy atom. The van der Waals surface area contributed by atoms with Crippen LogP contribution < -0.4 is 9.64 Å². The third-order valence-corrected chi connectivity index (χ3v) is 7.14. The van der Waals surface area contributed by atoms with Crippen LogP contribution in [0.25, 0.3) is 0 Å². The fourth-order valence-corrected chi connectivity index (χ4v) is 5.25. The number of benzene rings is 2. The van der Waals surface area contributed by atoms with E-state index in [9.17, 15) is 49.1 Å². The first-order chi connectivity index (χ1) is 20.3. The van der Waals surface area contributed by atoms with Crippen LogP contribution in [0.15, 0.2) is 36.4 Å². The van der Waals surface area contributed by atoms with Crippen molar-refractivity contribution >= 4 is 17.9 Å². The van der Waals surface area contributed by atoms with Gasteiger partial charge in [0.05, 0.1) is 36.1 Å². The Morgan fingerprint density at radius 2 is 1.52 bits per heavy atom. The second-order valence-electron chi connectivity index (χ2n) is 10.7. The Kier molecular flexibility index (Phi) is 8.95. The van der Waals surface area contributed by atoms with Gasteiger partial charge in [-0.1, -0.05) is 6.07 Å². The van der Waals surface area contributed by atoms with Crippen LogP contribution in [0.2, 0.25) is 0 Å². The summed E-state index contributed by atoms with van der Waals surface area (Å²) in [7, 11) is 0.956. The first-order valence-corrected chi connectivity index (χ1v) is 13.3. The highest BCUT2D eigenvalue weighted by Gasteiger charge is 2.48. The Labute approximate surface area is 245 Å². The topological polar surface area (TPSA) is 68.3 Å². The summed E-state index contributed by atoms with van der Waals surface area (Å²) in [6, 6.07) is 1.99. The third kappa shape index (κ3) is 7.62. The lowest BCUT2D eigenvalue weighted by molar-refractivity contribution is -0.274. The lowest BCUT2D eigenvalue weighted by Gasteiger charge is -2.44. The summed E-state index contributed by atoms with van der Waals surface area (Å²) in [5.74, 6) is -0.881.